The second-order valence-corrected chi connectivity index (χ2v) is 26.0. The molecule has 0 N–H and O–H groups in total. The van der Waals surface area contributed by atoms with E-state index in [1.165, 1.54) is 160 Å². The van der Waals surface area contributed by atoms with Crippen LogP contribution >= 0.6 is 0 Å². The molecule has 0 radical (unpaired) electrons. The maximum absolute atomic E-state index is 2.40. The van der Waals surface area contributed by atoms with E-state index < -0.39 is 0 Å². The van der Waals surface area contributed by atoms with Gasteiger partial charge >= 0.3 is 0 Å². The standard InChI is InChI=1S/2C48H32N2/c1-3-11-33(12-4-1)35-19-25-39(26-20-35)49-45-17-9-7-15-41(45)43-31-37(23-29-47(43)49)38-24-30-48-44(32-38)42-16-8-10-18-46(42)50(48)40-27-21-36(22-28-40)34-13-5-2-6-14-34;1-3-11-33(12-4-1)34-19-21-35(22-20-34)36-23-27-40(28-24-36)50-46-18-10-8-16-42(46)44-32-38(26-30-48(44)50)37-25-29-47-43(31-37)41-15-7-9-17-45(41)49(47)39-13-5-2-6-14-39/h2*1-32H. The number of fused-ring (bicyclic) bond motifs is 12. The van der Waals surface area contributed by atoms with Crippen LogP contribution in [0, 0.1) is 0 Å². The van der Waals surface area contributed by atoms with Crippen molar-refractivity contribution in [3.05, 3.63) is 388 Å². The molecular formula is C96H64N4. The molecule has 0 atom stereocenters. The predicted molar refractivity (Wildman–Crippen MR) is 423 cm³/mol. The molecule has 0 fully saturated rings. The lowest BCUT2D eigenvalue weighted by molar-refractivity contribution is 1.18. The van der Waals surface area contributed by atoms with E-state index in [9.17, 15) is 0 Å². The van der Waals surface area contributed by atoms with E-state index in [2.05, 4.69) is 407 Å². The number of hydrogen-bond acceptors (Lipinski definition) is 0. The molecule has 0 aliphatic carbocycles. The summed E-state index contributed by atoms with van der Waals surface area (Å²) in [6.45, 7) is 0. The Labute approximate surface area is 579 Å². The average Bonchev–Trinajstić information content (AvgIpc) is 1.61. The Morgan fingerprint density at radius 3 is 0.530 bits per heavy atom. The second-order valence-electron chi connectivity index (χ2n) is 26.0. The first kappa shape index (κ1) is 58.1. The minimum atomic E-state index is 1.16. The molecule has 4 heterocycles. The van der Waals surface area contributed by atoms with Gasteiger partial charge in [-0.1, -0.05) is 267 Å². The van der Waals surface area contributed by atoms with Gasteiger partial charge in [0.2, 0.25) is 0 Å². The van der Waals surface area contributed by atoms with Crippen LogP contribution < -0.4 is 0 Å². The molecule has 4 nitrogen and oxygen atoms in total. The Balaban J connectivity index is 0.000000139. The van der Waals surface area contributed by atoms with Crippen molar-refractivity contribution in [1.29, 1.82) is 0 Å². The van der Waals surface area contributed by atoms with Gasteiger partial charge < -0.3 is 18.3 Å². The number of hydrogen-bond donors (Lipinski definition) is 0. The van der Waals surface area contributed by atoms with Gasteiger partial charge in [-0.2, -0.15) is 0 Å². The molecule has 0 aliphatic heterocycles. The number of aromatic nitrogens is 4. The van der Waals surface area contributed by atoms with Crippen LogP contribution in [0.25, 0.3) is 177 Å². The maximum atomic E-state index is 2.40. The third-order valence-corrected chi connectivity index (χ3v) is 20.3. The van der Waals surface area contributed by atoms with Gasteiger partial charge in [-0.05, 0) is 188 Å². The molecule has 16 aromatic carbocycles. The van der Waals surface area contributed by atoms with Gasteiger partial charge in [-0.15, -0.1) is 0 Å². The van der Waals surface area contributed by atoms with Crippen LogP contribution in [0.4, 0.5) is 0 Å². The molecule has 468 valence electrons. The lowest BCUT2D eigenvalue weighted by Gasteiger charge is -2.11. The molecule has 0 spiro atoms. The highest BCUT2D eigenvalue weighted by Gasteiger charge is 2.20. The summed E-state index contributed by atoms with van der Waals surface area (Å²) >= 11 is 0. The van der Waals surface area contributed by atoms with Crippen LogP contribution in [0.5, 0.6) is 0 Å². The van der Waals surface area contributed by atoms with E-state index in [1.807, 2.05) is 0 Å². The fraction of sp³-hybridized carbons (Fsp3) is 0. The Morgan fingerprint density at radius 2 is 0.280 bits per heavy atom. The summed E-state index contributed by atoms with van der Waals surface area (Å²) in [4.78, 5) is 0. The van der Waals surface area contributed by atoms with Gasteiger partial charge in [0.25, 0.3) is 0 Å². The van der Waals surface area contributed by atoms with Crippen LogP contribution in [-0.2, 0) is 0 Å². The molecule has 0 saturated carbocycles. The second kappa shape index (κ2) is 24.4. The van der Waals surface area contributed by atoms with Crippen molar-refractivity contribution in [1.82, 2.24) is 18.3 Å². The molecule has 0 amide bonds. The van der Waals surface area contributed by atoms with E-state index in [4.69, 9.17) is 0 Å². The van der Waals surface area contributed by atoms with Crippen molar-refractivity contribution in [3.63, 3.8) is 0 Å². The monoisotopic (exact) mass is 1270 g/mol. The molecule has 0 saturated heterocycles. The van der Waals surface area contributed by atoms with Crippen LogP contribution in [0.1, 0.15) is 0 Å². The van der Waals surface area contributed by atoms with Gasteiger partial charge in [0, 0.05) is 65.8 Å². The Kier molecular flexibility index (Phi) is 14.2. The van der Waals surface area contributed by atoms with E-state index in [-0.39, 0.29) is 0 Å². The zero-order chi connectivity index (χ0) is 66.0. The molecule has 0 aliphatic rings. The van der Waals surface area contributed by atoms with E-state index >= 15 is 0 Å². The number of rotatable bonds is 10. The van der Waals surface area contributed by atoms with E-state index in [0.29, 0.717) is 0 Å². The smallest absolute Gasteiger partial charge is 0.0541 e. The Bertz CT molecular complexity index is 6240. The van der Waals surface area contributed by atoms with Gasteiger partial charge in [-0.3, -0.25) is 0 Å². The maximum Gasteiger partial charge on any atom is 0.0541 e. The fourth-order valence-electron chi connectivity index (χ4n) is 15.5. The minimum Gasteiger partial charge on any atom is -0.309 e. The van der Waals surface area contributed by atoms with Gasteiger partial charge in [-0.25, -0.2) is 0 Å². The minimum absolute atomic E-state index is 1.16. The SMILES string of the molecule is c1ccc(-c2ccc(-c3ccc(-n4c5ccccc5c5cc(-c6ccc7c(c6)c6ccccc6n7-c6ccccc6)ccc54)cc3)cc2)cc1.c1ccc(-c2ccc(-n3c4ccccc4c4cc(-c5ccc6c(c5)c5ccccc5n6-c5ccc(-c6ccccc6)cc5)ccc43)cc2)cc1. The number of para-hydroxylation sites is 5. The van der Waals surface area contributed by atoms with Crippen molar-refractivity contribution in [2.75, 3.05) is 0 Å². The summed E-state index contributed by atoms with van der Waals surface area (Å²) in [7, 11) is 0. The molecule has 100 heavy (non-hydrogen) atoms. The van der Waals surface area contributed by atoms with Crippen molar-refractivity contribution in [3.8, 4) is 89.5 Å². The van der Waals surface area contributed by atoms with Gasteiger partial charge in [0.1, 0.15) is 0 Å². The topological polar surface area (TPSA) is 19.7 Å². The summed E-state index contributed by atoms with van der Waals surface area (Å²) in [5, 5.41) is 10.1. The summed E-state index contributed by atoms with van der Waals surface area (Å²) in [5.74, 6) is 0. The van der Waals surface area contributed by atoms with Crippen molar-refractivity contribution in [2.45, 2.75) is 0 Å². The molecule has 0 bridgehead atoms. The molecule has 0 unspecified atom stereocenters. The average molecular weight is 1270 g/mol. The quantitative estimate of drug-likeness (QED) is 0.130. The predicted octanol–water partition coefficient (Wildman–Crippen LogP) is 25.8. The van der Waals surface area contributed by atoms with Crippen LogP contribution in [0.15, 0.2) is 388 Å². The zero-order valence-corrected chi connectivity index (χ0v) is 54.7. The molecule has 20 aromatic rings. The van der Waals surface area contributed by atoms with Gasteiger partial charge in [0.05, 0.1) is 44.1 Å². The lowest BCUT2D eigenvalue weighted by Crippen LogP contribution is -1.94. The van der Waals surface area contributed by atoms with Crippen LogP contribution in [0.3, 0.4) is 0 Å². The first-order valence-corrected chi connectivity index (χ1v) is 34.4. The zero-order valence-electron chi connectivity index (χ0n) is 54.7. The third-order valence-electron chi connectivity index (χ3n) is 20.3. The summed E-state index contributed by atoms with van der Waals surface area (Å²) in [6, 6.07) is 141. The summed E-state index contributed by atoms with van der Waals surface area (Å²) < 4.78 is 9.55. The van der Waals surface area contributed by atoms with E-state index in [0.717, 1.165) is 17.1 Å². The van der Waals surface area contributed by atoms with Crippen molar-refractivity contribution in [2.24, 2.45) is 0 Å². The fourth-order valence-corrected chi connectivity index (χ4v) is 15.5. The number of nitrogens with zero attached hydrogens (tertiary/aromatic N) is 4. The molecular weight excluding hydrogens is 1210 g/mol. The Morgan fingerprint density at radius 1 is 0.110 bits per heavy atom. The first-order chi connectivity index (χ1) is 49.6. The highest BCUT2D eigenvalue weighted by atomic mass is 15.0. The number of benzene rings is 16. The van der Waals surface area contributed by atoms with Crippen LogP contribution in [0.2, 0.25) is 0 Å². The van der Waals surface area contributed by atoms with Crippen LogP contribution in [-0.4, -0.2) is 18.3 Å². The first-order valence-electron chi connectivity index (χ1n) is 34.4. The lowest BCUT2D eigenvalue weighted by atomic mass is 10.00. The van der Waals surface area contributed by atoms with Gasteiger partial charge in [0.15, 0.2) is 0 Å². The summed E-state index contributed by atoms with van der Waals surface area (Å²) in [5.41, 5.74) is 29.0. The highest BCUT2D eigenvalue weighted by molar-refractivity contribution is 6.15. The molecule has 20 rings (SSSR count). The normalized spacial score (nSPS) is 11.6. The Hall–Kier alpha value is -13.3. The van der Waals surface area contributed by atoms with Crippen molar-refractivity contribution >= 4 is 87.2 Å². The third kappa shape index (κ3) is 10.1. The molecule has 4 aromatic heterocycles. The largest absolute Gasteiger partial charge is 0.309 e. The molecule has 4 heteroatoms. The summed E-state index contributed by atoms with van der Waals surface area (Å²) in [6.07, 6.45) is 0. The van der Waals surface area contributed by atoms with Crippen molar-refractivity contribution < 1.29 is 0 Å². The van der Waals surface area contributed by atoms with E-state index in [1.54, 1.807) is 0 Å². The highest BCUT2D eigenvalue weighted by Crippen LogP contribution is 2.42.